The van der Waals surface area contributed by atoms with Crippen molar-refractivity contribution in [2.24, 2.45) is 11.5 Å². The normalized spacial score (nSPS) is 18.6. The molecule has 4 N–H and O–H groups in total. The fourth-order valence-electron chi connectivity index (χ4n) is 2.56. The van der Waals surface area contributed by atoms with Crippen molar-refractivity contribution in [2.75, 3.05) is 11.4 Å². The number of amides is 2. The minimum atomic E-state index is -0.633. The summed E-state index contributed by atoms with van der Waals surface area (Å²) in [6.07, 6.45) is 2.35. The van der Waals surface area contributed by atoms with E-state index in [1.807, 2.05) is 12.1 Å². The van der Waals surface area contributed by atoms with E-state index in [-0.39, 0.29) is 18.5 Å². The van der Waals surface area contributed by atoms with Crippen LogP contribution in [0.15, 0.2) is 18.2 Å². The summed E-state index contributed by atoms with van der Waals surface area (Å²) in [5, 5.41) is 0. The number of fused-ring (bicyclic) bond motifs is 1. The lowest BCUT2D eigenvalue weighted by Gasteiger charge is -2.33. The average Bonchev–Trinajstić information content (AvgIpc) is 2.48. The van der Waals surface area contributed by atoms with Crippen LogP contribution < -0.4 is 21.1 Å². The Bertz CT molecular complexity index is 574. The molecule has 0 spiro atoms. The first kappa shape index (κ1) is 16.3. The maximum absolute atomic E-state index is 12.2. The van der Waals surface area contributed by atoms with Crippen molar-refractivity contribution in [3.63, 3.8) is 0 Å². The molecule has 0 aromatic heterocycles. The van der Waals surface area contributed by atoms with E-state index in [4.69, 9.17) is 16.2 Å². The second kappa shape index (κ2) is 6.79. The van der Waals surface area contributed by atoms with Gasteiger partial charge in [-0.1, -0.05) is 25.8 Å². The minimum absolute atomic E-state index is 0.102. The molecule has 2 unspecified atom stereocenters. The number of hydrogen-bond donors (Lipinski definition) is 2. The number of unbranched alkanes of at least 4 members (excludes halogenated alkanes) is 1. The van der Waals surface area contributed by atoms with E-state index < -0.39 is 12.0 Å². The van der Waals surface area contributed by atoms with Crippen LogP contribution in [0.4, 0.5) is 5.69 Å². The summed E-state index contributed by atoms with van der Waals surface area (Å²) in [5.74, 6) is -0.264. The second-order valence-electron chi connectivity index (χ2n) is 5.63. The molecular weight excluding hydrogens is 282 g/mol. The summed E-state index contributed by atoms with van der Waals surface area (Å²) in [5.41, 5.74) is 12.9. The van der Waals surface area contributed by atoms with Crippen molar-refractivity contribution in [3.8, 4) is 5.75 Å². The fraction of sp³-hybridized carbons (Fsp3) is 0.500. The van der Waals surface area contributed by atoms with Gasteiger partial charge in [-0.05, 0) is 31.0 Å². The molecule has 1 aromatic carbocycles. The van der Waals surface area contributed by atoms with Crippen LogP contribution in [0.25, 0.3) is 0 Å². The molecule has 0 aliphatic carbocycles. The van der Waals surface area contributed by atoms with E-state index in [0.717, 1.165) is 24.8 Å². The number of ether oxygens (including phenoxy) is 1. The molecule has 22 heavy (non-hydrogen) atoms. The standard InChI is InChI=1S/C16H23N3O3/c1-3-4-5-12(17)11-6-7-14-13(8-11)19(9-15(18)20)16(21)10(2)22-14/h6-8,10,12H,3-5,9,17H2,1-2H3,(H2,18,20). The highest BCUT2D eigenvalue weighted by Gasteiger charge is 2.32. The van der Waals surface area contributed by atoms with Gasteiger partial charge < -0.3 is 16.2 Å². The first-order valence-electron chi connectivity index (χ1n) is 7.60. The SMILES string of the molecule is CCCCC(N)c1ccc2c(c1)N(CC(N)=O)C(=O)C(C)O2. The highest BCUT2D eigenvalue weighted by atomic mass is 16.5. The Hall–Kier alpha value is -2.08. The van der Waals surface area contributed by atoms with Gasteiger partial charge in [0.1, 0.15) is 12.3 Å². The zero-order valence-corrected chi connectivity index (χ0v) is 13.0. The predicted molar refractivity (Wildman–Crippen MR) is 84.5 cm³/mol. The molecule has 1 aliphatic rings. The van der Waals surface area contributed by atoms with Crippen LogP contribution in [0.1, 0.15) is 44.7 Å². The van der Waals surface area contributed by atoms with Crippen molar-refractivity contribution in [3.05, 3.63) is 23.8 Å². The van der Waals surface area contributed by atoms with E-state index >= 15 is 0 Å². The van der Waals surface area contributed by atoms with Crippen LogP contribution in [0.5, 0.6) is 5.75 Å². The number of anilines is 1. The smallest absolute Gasteiger partial charge is 0.268 e. The highest BCUT2D eigenvalue weighted by molar-refractivity contribution is 6.03. The molecule has 6 nitrogen and oxygen atoms in total. The van der Waals surface area contributed by atoms with Gasteiger partial charge in [0.25, 0.3) is 5.91 Å². The van der Waals surface area contributed by atoms with Gasteiger partial charge in [-0.3, -0.25) is 14.5 Å². The summed E-state index contributed by atoms with van der Waals surface area (Å²) in [4.78, 5) is 24.9. The van der Waals surface area contributed by atoms with Crippen LogP contribution in [0, 0.1) is 0 Å². The van der Waals surface area contributed by atoms with Crippen molar-refractivity contribution >= 4 is 17.5 Å². The van der Waals surface area contributed by atoms with Crippen LogP contribution in [-0.4, -0.2) is 24.5 Å². The number of hydrogen-bond acceptors (Lipinski definition) is 4. The van der Waals surface area contributed by atoms with Crippen LogP contribution >= 0.6 is 0 Å². The molecule has 2 rings (SSSR count). The third-order valence-electron chi connectivity index (χ3n) is 3.80. The molecule has 1 aliphatic heterocycles. The van der Waals surface area contributed by atoms with Gasteiger partial charge in [0, 0.05) is 6.04 Å². The molecule has 120 valence electrons. The van der Waals surface area contributed by atoms with E-state index in [1.54, 1.807) is 13.0 Å². The number of carbonyl (C=O) groups is 2. The molecule has 2 amide bonds. The predicted octanol–water partition coefficient (Wildman–Crippen LogP) is 1.48. The van der Waals surface area contributed by atoms with Gasteiger partial charge in [-0.2, -0.15) is 0 Å². The van der Waals surface area contributed by atoms with Crippen molar-refractivity contribution < 1.29 is 14.3 Å². The van der Waals surface area contributed by atoms with Crippen LogP contribution in [0.2, 0.25) is 0 Å². The number of nitrogens with two attached hydrogens (primary N) is 2. The van der Waals surface area contributed by atoms with E-state index in [0.29, 0.717) is 11.4 Å². The van der Waals surface area contributed by atoms with Gasteiger partial charge in [0.15, 0.2) is 6.10 Å². The second-order valence-corrected chi connectivity index (χ2v) is 5.63. The van der Waals surface area contributed by atoms with Crippen molar-refractivity contribution in [2.45, 2.75) is 45.3 Å². The Balaban J connectivity index is 2.34. The lowest BCUT2D eigenvalue weighted by Crippen LogP contribution is -2.48. The summed E-state index contributed by atoms with van der Waals surface area (Å²) in [6, 6.07) is 5.43. The topological polar surface area (TPSA) is 98.6 Å². The number of nitrogens with zero attached hydrogens (tertiary/aromatic N) is 1. The largest absolute Gasteiger partial charge is 0.479 e. The third kappa shape index (κ3) is 3.39. The lowest BCUT2D eigenvalue weighted by atomic mass is 10.00. The Kier molecular flexibility index (Phi) is 5.03. The first-order valence-corrected chi connectivity index (χ1v) is 7.60. The maximum atomic E-state index is 12.2. The summed E-state index contributed by atoms with van der Waals surface area (Å²) >= 11 is 0. The molecule has 0 saturated carbocycles. The van der Waals surface area contributed by atoms with Crippen LogP contribution in [-0.2, 0) is 9.59 Å². The minimum Gasteiger partial charge on any atom is -0.479 e. The number of benzene rings is 1. The van der Waals surface area contributed by atoms with Gasteiger partial charge in [0.2, 0.25) is 5.91 Å². The van der Waals surface area contributed by atoms with Gasteiger partial charge >= 0.3 is 0 Å². The molecule has 0 fully saturated rings. The molecule has 1 aromatic rings. The average molecular weight is 305 g/mol. The van der Waals surface area contributed by atoms with Gasteiger partial charge in [-0.25, -0.2) is 0 Å². The van der Waals surface area contributed by atoms with Gasteiger partial charge in [-0.15, -0.1) is 0 Å². The summed E-state index contributed by atoms with van der Waals surface area (Å²) in [6.45, 7) is 3.61. The van der Waals surface area contributed by atoms with Gasteiger partial charge in [0.05, 0.1) is 5.69 Å². The first-order chi connectivity index (χ1) is 10.4. The zero-order valence-electron chi connectivity index (χ0n) is 13.0. The van der Waals surface area contributed by atoms with E-state index in [1.165, 1.54) is 4.90 Å². The molecule has 0 radical (unpaired) electrons. The van der Waals surface area contributed by atoms with Crippen molar-refractivity contribution in [1.29, 1.82) is 0 Å². The van der Waals surface area contributed by atoms with E-state index in [2.05, 4.69) is 6.92 Å². The molecule has 6 heteroatoms. The number of carbonyl (C=O) groups excluding carboxylic acids is 2. The zero-order chi connectivity index (χ0) is 16.3. The summed E-state index contributed by atoms with van der Waals surface area (Å²) in [7, 11) is 0. The number of primary amides is 1. The number of rotatable bonds is 6. The Labute approximate surface area is 130 Å². The molecule has 1 heterocycles. The quantitative estimate of drug-likeness (QED) is 0.831. The summed E-state index contributed by atoms with van der Waals surface area (Å²) < 4.78 is 5.59. The maximum Gasteiger partial charge on any atom is 0.268 e. The fourth-order valence-corrected chi connectivity index (χ4v) is 2.56. The third-order valence-corrected chi connectivity index (χ3v) is 3.80. The lowest BCUT2D eigenvalue weighted by molar-refractivity contribution is -0.127. The molecular formula is C16H23N3O3. The Morgan fingerprint density at radius 3 is 2.82 bits per heavy atom. The van der Waals surface area contributed by atoms with E-state index in [9.17, 15) is 9.59 Å². The Morgan fingerprint density at radius 2 is 2.18 bits per heavy atom. The molecule has 0 bridgehead atoms. The Morgan fingerprint density at radius 1 is 1.45 bits per heavy atom. The van der Waals surface area contributed by atoms with Crippen LogP contribution in [0.3, 0.4) is 0 Å². The highest BCUT2D eigenvalue weighted by Crippen LogP contribution is 2.36. The molecule has 0 saturated heterocycles. The monoisotopic (exact) mass is 305 g/mol. The molecule has 2 atom stereocenters. The van der Waals surface area contributed by atoms with Crippen molar-refractivity contribution in [1.82, 2.24) is 0 Å².